The third-order valence-electron chi connectivity index (χ3n) is 2.34. The lowest BCUT2D eigenvalue weighted by atomic mass is 10.1. The highest BCUT2D eigenvalue weighted by molar-refractivity contribution is 6.17. The predicted octanol–water partition coefficient (Wildman–Crippen LogP) is 2.48. The first kappa shape index (κ1) is 14.6. The molecule has 1 aromatic heterocycles. The summed E-state index contributed by atoms with van der Waals surface area (Å²) in [5.41, 5.74) is -0.0841. The van der Waals surface area contributed by atoms with Gasteiger partial charge in [-0.3, -0.25) is 9.78 Å². The number of hydrogen-bond acceptors (Lipinski definition) is 4. The smallest absolute Gasteiger partial charge is 0.310 e. The van der Waals surface area contributed by atoms with Crippen LogP contribution in [0.15, 0.2) is 6.20 Å². The van der Waals surface area contributed by atoms with Crippen LogP contribution in [-0.4, -0.2) is 25.2 Å². The fourth-order valence-corrected chi connectivity index (χ4v) is 1.71. The molecule has 0 aliphatic heterocycles. The Labute approximate surface area is 108 Å². The van der Waals surface area contributed by atoms with Gasteiger partial charge in [0.15, 0.2) is 5.75 Å². The number of carbonyl (C=O) groups excluding carboxylic acids is 1. The van der Waals surface area contributed by atoms with Gasteiger partial charge in [0.25, 0.3) is 6.43 Å². The molecule has 1 aromatic rings. The summed E-state index contributed by atoms with van der Waals surface area (Å²) in [6.07, 6.45) is -1.88. The molecule has 1 heterocycles. The van der Waals surface area contributed by atoms with Crippen LogP contribution < -0.4 is 4.74 Å². The molecule has 0 amide bonds. The van der Waals surface area contributed by atoms with Crippen molar-refractivity contribution in [2.75, 3.05) is 14.2 Å². The lowest BCUT2D eigenvalue weighted by Gasteiger charge is -2.14. The highest BCUT2D eigenvalue weighted by Crippen LogP contribution is 2.35. The fraction of sp³-hybridized carbons (Fsp3) is 0.455. The monoisotopic (exact) mass is 279 g/mol. The molecule has 0 atom stereocenters. The highest BCUT2D eigenvalue weighted by Gasteiger charge is 2.24. The van der Waals surface area contributed by atoms with Gasteiger partial charge in [0, 0.05) is 6.20 Å². The van der Waals surface area contributed by atoms with Crippen molar-refractivity contribution < 1.29 is 23.0 Å². The first-order chi connectivity index (χ1) is 8.54. The Hall–Kier alpha value is -1.43. The fourth-order valence-electron chi connectivity index (χ4n) is 1.52. The molecule has 0 saturated carbocycles. The third-order valence-corrected chi connectivity index (χ3v) is 2.59. The van der Waals surface area contributed by atoms with E-state index in [0.29, 0.717) is 0 Å². The molecule has 7 heteroatoms. The van der Waals surface area contributed by atoms with Crippen LogP contribution in [0.25, 0.3) is 0 Å². The van der Waals surface area contributed by atoms with Crippen molar-refractivity contribution in [1.82, 2.24) is 4.98 Å². The summed E-state index contributed by atoms with van der Waals surface area (Å²) in [5, 5.41) is 0. The van der Waals surface area contributed by atoms with Crippen LogP contribution in [0.3, 0.4) is 0 Å². The Kier molecular flexibility index (Phi) is 5.27. The van der Waals surface area contributed by atoms with Crippen LogP contribution in [0.4, 0.5) is 8.78 Å². The van der Waals surface area contributed by atoms with Gasteiger partial charge in [0.1, 0.15) is 0 Å². The van der Waals surface area contributed by atoms with Gasteiger partial charge in [-0.25, -0.2) is 8.78 Å². The lowest BCUT2D eigenvalue weighted by molar-refractivity contribution is -0.139. The standard InChI is InChI=1S/C11H12ClF2NO3/c1-17-8(16)3-6-5-15-7(4-12)10(18-2)9(6)11(13)14/h5,11H,3-4H2,1-2H3. The minimum absolute atomic E-state index is 0.0542. The molecule has 100 valence electrons. The molecular formula is C11H12ClF2NO3. The second-order valence-corrected chi connectivity index (χ2v) is 3.63. The number of aromatic nitrogens is 1. The van der Waals surface area contributed by atoms with Crippen LogP contribution in [0, 0.1) is 0 Å². The number of esters is 1. The van der Waals surface area contributed by atoms with Crippen molar-refractivity contribution in [2.45, 2.75) is 18.7 Å². The average Bonchev–Trinajstić information content (AvgIpc) is 2.37. The van der Waals surface area contributed by atoms with E-state index in [2.05, 4.69) is 9.72 Å². The van der Waals surface area contributed by atoms with E-state index in [-0.39, 0.29) is 34.9 Å². The molecule has 18 heavy (non-hydrogen) atoms. The molecule has 0 N–H and O–H groups in total. The van der Waals surface area contributed by atoms with Crippen molar-refractivity contribution in [3.05, 3.63) is 23.0 Å². The van der Waals surface area contributed by atoms with Crippen molar-refractivity contribution in [2.24, 2.45) is 0 Å². The summed E-state index contributed by atoms with van der Waals surface area (Å²) < 4.78 is 35.4. The summed E-state index contributed by atoms with van der Waals surface area (Å²) >= 11 is 5.59. The molecule has 0 radical (unpaired) electrons. The van der Waals surface area contributed by atoms with Gasteiger partial charge < -0.3 is 9.47 Å². The number of nitrogens with zero attached hydrogens (tertiary/aromatic N) is 1. The molecule has 0 saturated heterocycles. The second kappa shape index (κ2) is 6.49. The van der Waals surface area contributed by atoms with Crippen molar-refractivity contribution in [1.29, 1.82) is 0 Å². The molecule has 0 fully saturated rings. The maximum atomic E-state index is 13.0. The zero-order valence-electron chi connectivity index (χ0n) is 9.87. The average molecular weight is 280 g/mol. The summed E-state index contributed by atoms with van der Waals surface area (Å²) in [6, 6.07) is 0. The van der Waals surface area contributed by atoms with Gasteiger partial charge in [-0.1, -0.05) is 0 Å². The molecule has 0 aromatic carbocycles. The van der Waals surface area contributed by atoms with Crippen LogP contribution in [0.5, 0.6) is 5.75 Å². The van der Waals surface area contributed by atoms with E-state index in [1.54, 1.807) is 0 Å². The topological polar surface area (TPSA) is 48.4 Å². The number of ether oxygens (including phenoxy) is 2. The van der Waals surface area contributed by atoms with E-state index in [0.717, 1.165) is 0 Å². The van der Waals surface area contributed by atoms with E-state index in [4.69, 9.17) is 16.3 Å². The van der Waals surface area contributed by atoms with E-state index >= 15 is 0 Å². The number of halogens is 3. The van der Waals surface area contributed by atoms with E-state index in [1.807, 2.05) is 0 Å². The summed E-state index contributed by atoms with van der Waals surface area (Å²) in [4.78, 5) is 15.0. The zero-order valence-corrected chi connectivity index (χ0v) is 10.6. The largest absolute Gasteiger partial charge is 0.494 e. The molecule has 0 bridgehead atoms. The minimum Gasteiger partial charge on any atom is -0.494 e. The number of rotatable bonds is 5. The normalized spacial score (nSPS) is 10.6. The Morgan fingerprint density at radius 3 is 2.61 bits per heavy atom. The summed E-state index contributed by atoms with van der Waals surface area (Å²) in [5.74, 6) is -0.762. The number of hydrogen-bond donors (Lipinski definition) is 0. The maximum absolute atomic E-state index is 13.0. The lowest BCUT2D eigenvalue weighted by Crippen LogP contribution is -2.10. The van der Waals surface area contributed by atoms with Crippen molar-refractivity contribution >= 4 is 17.6 Å². The first-order valence-corrected chi connectivity index (χ1v) is 5.54. The van der Waals surface area contributed by atoms with Gasteiger partial charge in [0.05, 0.1) is 37.8 Å². The maximum Gasteiger partial charge on any atom is 0.310 e. The minimum atomic E-state index is -2.79. The van der Waals surface area contributed by atoms with E-state index < -0.39 is 12.4 Å². The zero-order chi connectivity index (χ0) is 13.7. The summed E-state index contributed by atoms with van der Waals surface area (Å²) in [6.45, 7) is 0. The Morgan fingerprint density at radius 2 is 2.17 bits per heavy atom. The van der Waals surface area contributed by atoms with Crippen LogP contribution >= 0.6 is 11.6 Å². The number of alkyl halides is 3. The van der Waals surface area contributed by atoms with Gasteiger partial charge in [0.2, 0.25) is 0 Å². The number of methoxy groups -OCH3 is 2. The van der Waals surface area contributed by atoms with Gasteiger partial charge in [-0.15, -0.1) is 11.6 Å². The number of carbonyl (C=O) groups is 1. The second-order valence-electron chi connectivity index (χ2n) is 3.36. The molecule has 0 aliphatic rings. The van der Waals surface area contributed by atoms with Gasteiger partial charge in [-0.2, -0.15) is 0 Å². The third kappa shape index (κ3) is 3.07. The molecule has 0 unspecified atom stereocenters. The number of pyridine rings is 1. The van der Waals surface area contributed by atoms with Crippen molar-refractivity contribution in [3.8, 4) is 5.75 Å². The van der Waals surface area contributed by atoms with Gasteiger partial charge in [-0.05, 0) is 5.56 Å². The van der Waals surface area contributed by atoms with E-state index in [9.17, 15) is 13.6 Å². The molecular weight excluding hydrogens is 268 g/mol. The van der Waals surface area contributed by atoms with Gasteiger partial charge >= 0.3 is 5.97 Å². The Balaban J connectivity index is 3.30. The van der Waals surface area contributed by atoms with Crippen LogP contribution in [-0.2, 0) is 21.8 Å². The van der Waals surface area contributed by atoms with Crippen LogP contribution in [0.1, 0.15) is 23.2 Å². The summed E-state index contributed by atoms with van der Waals surface area (Å²) in [7, 11) is 2.43. The first-order valence-electron chi connectivity index (χ1n) is 5.00. The Bertz CT molecular complexity index is 441. The predicted molar refractivity (Wildman–Crippen MR) is 61.0 cm³/mol. The van der Waals surface area contributed by atoms with Crippen molar-refractivity contribution in [3.63, 3.8) is 0 Å². The highest BCUT2D eigenvalue weighted by atomic mass is 35.5. The molecule has 0 spiro atoms. The molecule has 4 nitrogen and oxygen atoms in total. The quantitative estimate of drug-likeness (QED) is 0.614. The molecule has 1 rings (SSSR count). The SMILES string of the molecule is COC(=O)Cc1cnc(CCl)c(OC)c1C(F)F. The molecule has 0 aliphatic carbocycles. The van der Waals surface area contributed by atoms with Crippen LogP contribution in [0.2, 0.25) is 0 Å². The Morgan fingerprint density at radius 1 is 1.50 bits per heavy atom. The van der Waals surface area contributed by atoms with E-state index in [1.165, 1.54) is 20.4 Å².